The molecular weight excluding hydrogens is 284 g/mol. The van der Waals surface area contributed by atoms with Crippen LogP contribution in [0.25, 0.3) is 0 Å². The molecular formula is C20H24N2O. The maximum atomic E-state index is 9.30. The minimum absolute atomic E-state index is 0.268. The van der Waals surface area contributed by atoms with E-state index in [1.807, 2.05) is 6.07 Å². The van der Waals surface area contributed by atoms with Crippen LogP contribution < -0.4 is 0 Å². The normalized spacial score (nSPS) is 19.5. The topological polar surface area (TPSA) is 35.8 Å². The molecule has 1 fully saturated rings. The van der Waals surface area contributed by atoms with Crippen LogP contribution in [0.5, 0.6) is 0 Å². The van der Waals surface area contributed by atoms with E-state index >= 15 is 0 Å². The highest BCUT2D eigenvalue weighted by Crippen LogP contribution is 2.23. The van der Waals surface area contributed by atoms with E-state index in [-0.39, 0.29) is 6.04 Å². The number of nitrogens with zero attached hydrogens (tertiary/aromatic N) is 2. The summed E-state index contributed by atoms with van der Waals surface area (Å²) in [6.45, 7) is 1.87. The third-order valence-electron chi connectivity index (χ3n) is 4.62. The lowest BCUT2D eigenvalue weighted by Gasteiger charge is -2.29. The molecule has 120 valence electrons. The maximum absolute atomic E-state index is 9.30. The summed E-state index contributed by atoms with van der Waals surface area (Å²) in [5, 5.41) is 12.9. The summed E-state index contributed by atoms with van der Waals surface area (Å²) in [6, 6.07) is 21.4. The predicted octanol–water partition coefficient (Wildman–Crippen LogP) is 4.11. The molecule has 2 aromatic rings. The third-order valence-corrected chi connectivity index (χ3v) is 4.62. The van der Waals surface area contributed by atoms with E-state index in [1.54, 1.807) is 0 Å². The van der Waals surface area contributed by atoms with Crippen LogP contribution in [-0.4, -0.2) is 28.4 Å². The van der Waals surface area contributed by atoms with Crippen LogP contribution in [0, 0.1) is 0 Å². The zero-order chi connectivity index (χ0) is 15.9. The average Bonchev–Trinajstić information content (AvgIpc) is 3.09. The molecule has 0 amide bonds. The van der Waals surface area contributed by atoms with Crippen LogP contribution in [0.15, 0.2) is 65.8 Å². The predicted molar refractivity (Wildman–Crippen MR) is 93.9 cm³/mol. The highest BCUT2D eigenvalue weighted by Gasteiger charge is 2.28. The summed E-state index contributed by atoms with van der Waals surface area (Å²) in [4.78, 5) is 2.46. The smallest absolute Gasteiger partial charge is 0.0742 e. The molecule has 1 aliphatic rings. The Hall–Kier alpha value is -2.13. The first-order valence-corrected chi connectivity index (χ1v) is 8.39. The van der Waals surface area contributed by atoms with E-state index in [0.717, 1.165) is 44.5 Å². The lowest BCUT2D eigenvalue weighted by atomic mass is 10.1. The van der Waals surface area contributed by atoms with Gasteiger partial charge in [0.25, 0.3) is 0 Å². The molecule has 2 aromatic carbocycles. The Bertz CT molecular complexity index is 625. The molecule has 3 heteroatoms. The highest BCUT2D eigenvalue weighted by molar-refractivity contribution is 5.90. The van der Waals surface area contributed by atoms with E-state index in [2.05, 4.69) is 64.7 Å². The van der Waals surface area contributed by atoms with Gasteiger partial charge in [-0.25, -0.2) is 0 Å². The lowest BCUT2D eigenvalue weighted by molar-refractivity contribution is 0.228. The van der Waals surface area contributed by atoms with Crippen molar-refractivity contribution in [1.82, 2.24) is 4.90 Å². The highest BCUT2D eigenvalue weighted by atomic mass is 16.4. The largest absolute Gasteiger partial charge is 0.411 e. The molecule has 0 spiro atoms. The van der Waals surface area contributed by atoms with Gasteiger partial charge in [-0.2, -0.15) is 0 Å². The number of benzene rings is 2. The van der Waals surface area contributed by atoms with Crippen molar-refractivity contribution in [2.24, 2.45) is 5.16 Å². The van der Waals surface area contributed by atoms with Gasteiger partial charge in [0.05, 0.1) is 11.8 Å². The fourth-order valence-corrected chi connectivity index (χ4v) is 3.40. The first-order chi connectivity index (χ1) is 11.4. The van der Waals surface area contributed by atoms with E-state index < -0.39 is 0 Å². The molecule has 0 aromatic heterocycles. The Morgan fingerprint density at radius 3 is 2.26 bits per heavy atom. The number of rotatable bonds is 6. The van der Waals surface area contributed by atoms with Gasteiger partial charge in [-0.1, -0.05) is 65.8 Å². The van der Waals surface area contributed by atoms with E-state index in [1.165, 1.54) is 11.1 Å². The molecule has 0 aliphatic heterocycles. The Kier molecular flexibility index (Phi) is 5.43. The summed E-state index contributed by atoms with van der Waals surface area (Å²) in [6.07, 6.45) is 4.13. The van der Waals surface area contributed by atoms with E-state index in [9.17, 15) is 5.21 Å². The van der Waals surface area contributed by atoms with Crippen molar-refractivity contribution in [1.29, 1.82) is 0 Å². The van der Waals surface area contributed by atoms with Gasteiger partial charge in [-0.15, -0.1) is 0 Å². The van der Waals surface area contributed by atoms with Gasteiger partial charge in [-0.3, -0.25) is 4.90 Å². The molecule has 3 nitrogen and oxygen atoms in total. The summed E-state index contributed by atoms with van der Waals surface area (Å²) < 4.78 is 0. The average molecular weight is 308 g/mol. The Balaban J connectivity index is 1.73. The van der Waals surface area contributed by atoms with E-state index in [4.69, 9.17) is 0 Å². The number of oxime groups is 1. The van der Waals surface area contributed by atoms with Crippen molar-refractivity contribution < 1.29 is 5.21 Å². The molecule has 23 heavy (non-hydrogen) atoms. The SMILES string of the molecule is O/N=C1\CCC[C@H]1N(CCc1ccccc1)Cc1ccccc1. The van der Waals surface area contributed by atoms with Gasteiger partial charge in [0.1, 0.15) is 0 Å². The van der Waals surface area contributed by atoms with Gasteiger partial charge in [0.15, 0.2) is 0 Å². The van der Waals surface area contributed by atoms with Crippen molar-refractivity contribution >= 4 is 5.71 Å². The van der Waals surface area contributed by atoms with Crippen LogP contribution >= 0.6 is 0 Å². The van der Waals surface area contributed by atoms with Crippen LogP contribution in [0.2, 0.25) is 0 Å². The molecule has 0 radical (unpaired) electrons. The van der Waals surface area contributed by atoms with Crippen LogP contribution in [0.1, 0.15) is 30.4 Å². The summed E-state index contributed by atoms with van der Waals surface area (Å²) in [5.74, 6) is 0. The third kappa shape index (κ3) is 4.20. The molecule has 1 atom stereocenters. The molecule has 0 unspecified atom stereocenters. The van der Waals surface area contributed by atoms with Crippen molar-refractivity contribution in [3.63, 3.8) is 0 Å². The van der Waals surface area contributed by atoms with Crippen LogP contribution in [0.4, 0.5) is 0 Å². The minimum atomic E-state index is 0.268. The summed E-state index contributed by atoms with van der Waals surface area (Å²) in [7, 11) is 0. The minimum Gasteiger partial charge on any atom is -0.411 e. The Morgan fingerprint density at radius 2 is 1.61 bits per heavy atom. The number of hydrogen-bond donors (Lipinski definition) is 1. The zero-order valence-electron chi connectivity index (χ0n) is 13.4. The fraction of sp³-hybridized carbons (Fsp3) is 0.350. The van der Waals surface area contributed by atoms with Gasteiger partial charge in [0.2, 0.25) is 0 Å². The second-order valence-corrected chi connectivity index (χ2v) is 6.19. The molecule has 3 rings (SSSR count). The maximum Gasteiger partial charge on any atom is 0.0742 e. The lowest BCUT2D eigenvalue weighted by Crippen LogP contribution is -2.39. The molecule has 0 heterocycles. The molecule has 1 aliphatic carbocycles. The van der Waals surface area contributed by atoms with E-state index in [0.29, 0.717) is 0 Å². The van der Waals surface area contributed by atoms with Gasteiger partial charge in [-0.05, 0) is 36.8 Å². The van der Waals surface area contributed by atoms with Crippen molar-refractivity contribution in [2.45, 2.75) is 38.3 Å². The number of hydrogen-bond acceptors (Lipinski definition) is 3. The van der Waals surface area contributed by atoms with Gasteiger partial charge in [0, 0.05) is 13.1 Å². The monoisotopic (exact) mass is 308 g/mol. The molecule has 0 bridgehead atoms. The van der Waals surface area contributed by atoms with Gasteiger partial charge >= 0.3 is 0 Å². The zero-order valence-corrected chi connectivity index (χ0v) is 13.4. The molecule has 1 N–H and O–H groups in total. The Morgan fingerprint density at radius 1 is 0.957 bits per heavy atom. The standard InChI is InChI=1S/C20H24N2O/c23-21-19-12-7-13-20(19)22(16-18-10-5-2-6-11-18)15-14-17-8-3-1-4-9-17/h1-6,8-11,20,23H,7,12-16H2/b21-19+/t20-/m1/s1. The molecule has 0 saturated heterocycles. The van der Waals surface area contributed by atoms with Gasteiger partial charge < -0.3 is 5.21 Å². The fourth-order valence-electron chi connectivity index (χ4n) is 3.40. The molecule has 1 saturated carbocycles. The summed E-state index contributed by atoms with van der Waals surface area (Å²) in [5.41, 5.74) is 3.60. The Labute approximate surface area is 138 Å². The first kappa shape index (κ1) is 15.8. The first-order valence-electron chi connectivity index (χ1n) is 8.39. The van der Waals surface area contributed by atoms with Crippen molar-refractivity contribution in [3.8, 4) is 0 Å². The van der Waals surface area contributed by atoms with Crippen LogP contribution in [-0.2, 0) is 13.0 Å². The van der Waals surface area contributed by atoms with Crippen molar-refractivity contribution in [3.05, 3.63) is 71.8 Å². The second kappa shape index (κ2) is 7.93. The van der Waals surface area contributed by atoms with Crippen molar-refractivity contribution in [2.75, 3.05) is 6.54 Å². The summed E-state index contributed by atoms with van der Waals surface area (Å²) >= 11 is 0. The van der Waals surface area contributed by atoms with Crippen LogP contribution in [0.3, 0.4) is 0 Å². The second-order valence-electron chi connectivity index (χ2n) is 6.19. The quantitative estimate of drug-likeness (QED) is 0.644.